The maximum absolute atomic E-state index is 14.0. The van der Waals surface area contributed by atoms with Gasteiger partial charge in [-0.05, 0) is 19.3 Å². The Kier molecular flexibility index (Phi) is 46.9. The number of aliphatic hydroxyl groups excluding tert-OH is 20. The van der Waals surface area contributed by atoms with Crippen LogP contribution in [0.5, 0.6) is 0 Å². The molecular weight excluding hydrogens is 1630 g/mol. The fourth-order valence-corrected chi connectivity index (χ4v) is 16.1. The summed E-state index contributed by atoms with van der Waals surface area (Å²) in [4.78, 5) is 66.9. The van der Waals surface area contributed by atoms with E-state index in [1.54, 1.807) is 6.08 Å². The third-order valence-electron chi connectivity index (χ3n) is 23.2. The van der Waals surface area contributed by atoms with E-state index in [0.29, 0.717) is 12.8 Å². The quantitative estimate of drug-likeness (QED) is 0.0201. The van der Waals surface area contributed by atoms with Crippen LogP contribution in [0.3, 0.4) is 0 Å². The second-order valence-electron chi connectivity index (χ2n) is 32.8. The number of aliphatic hydroxyl groups is 20. The molecule has 710 valence electrons. The van der Waals surface area contributed by atoms with Crippen molar-refractivity contribution in [1.82, 2.24) is 16.0 Å². The number of rotatable bonds is 56. The fourth-order valence-electron chi connectivity index (χ4n) is 16.1. The summed E-state index contributed by atoms with van der Waals surface area (Å²) in [6.45, 7) is -1.79. The van der Waals surface area contributed by atoms with Crippen molar-refractivity contribution in [1.29, 1.82) is 0 Å². The lowest BCUT2D eigenvalue weighted by molar-refractivity contribution is -0.405. The zero-order valence-corrected chi connectivity index (χ0v) is 70.2. The highest BCUT2D eigenvalue weighted by molar-refractivity contribution is 5.77. The number of amides is 3. The zero-order valence-electron chi connectivity index (χ0n) is 70.2. The summed E-state index contributed by atoms with van der Waals surface area (Å²) >= 11 is 0. The van der Waals surface area contributed by atoms with Gasteiger partial charge in [0, 0.05) is 33.1 Å². The Morgan fingerprint density at radius 3 is 1.32 bits per heavy atom. The molecule has 122 heavy (non-hydrogen) atoms. The molecule has 6 rings (SSSR count). The van der Waals surface area contributed by atoms with E-state index in [2.05, 4.69) is 29.8 Å². The number of ether oxygens (including phenoxy) is 12. The molecule has 6 saturated heterocycles. The molecule has 42 heteroatoms. The third-order valence-corrected chi connectivity index (χ3v) is 23.2. The molecule has 12 unspecified atom stereocenters. The first-order valence-corrected chi connectivity index (χ1v) is 43.2. The van der Waals surface area contributed by atoms with Gasteiger partial charge >= 0.3 is 11.9 Å². The largest absolute Gasteiger partial charge is 0.477 e. The van der Waals surface area contributed by atoms with E-state index < -0.39 is 296 Å². The highest BCUT2D eigenvalue weighted by atomic mass is 16.8. The van der Waals surface area contributed by atoms with Crippen molar-refractivity contribution in [2.45, 2.75) is 415 Å². The minimum atomic E-state index is -3.49. The van der Waals surface area contributed by atoms with Gasteiger partial charge in [0.05, 0.1) is 76.6 Å². The first kappa shape index (κ1) is 107. The minimum Gasteiger partial charge on any atom is -0.477 e. The van der Waals surface area contributed by atoms with Gasteiger partial charge in [-0.3, -0.25) is 14.4 Å². The Bertz CT molecular complexity index is 3030. The summed E-state index contributed by atoms with van der Waals surface area (Å²) in [5.74, 6) is -13.6. The van der Waals surface area contributed by atoms with Crippen molar-refractivity contribution in [3.05, 3.63) is 12.2 Å². The van der Waals surface area contributed by atoms with Crippen LogP contribution < -0.4 is 16.0 Å². The van der Waals surface area contributed by atoms with E-state index in [1.807, 2.05) is 0 Å². The molecule has 6 aliphatic rings. The standard InChI is InChI=1S/C80H141N3O39/c1-5-7-9-11-13-15-17-19-21-23-25-27-29-31-45(92)44(83-54(97)32-30-28-26-24-22-20-18-16-14-12-10-8-6-2)41-111-74-63(104)62(103)66(52(39-88)114-74)116-76-65(106)72(122-79(77(107)108)33-46(93)55(81-42(3)90)69(119-79)58(99)48(95)35-84)67(53(40-89)115-76)117-73-56(82-43(4)91)68(60(101)50(37-86)112-73)118-75-64(105)71(61(102)51(38-87)113-75)121-80(78(109)110)34-47(94)57(98)70(120-80)59(100)49(96)36-85/h29,31,44-53,55-76,84-89,92-96,98-106H,5-28,30,32-41H2,1-4H3,(H,81,90)(H,82,91)(H,83,97)(H,107,108)(H,109,110)/b31-29+/t44-,45+,46?,47?,48+,49+,50?,51?,52?,53?,55+,56?,57+,58+,59+,60-,61-,62+,63?,64?,65?,66+,67-,68+,69?,70?,71-,72+,73-,74+,75-,76-,79-,80-/m0/s1. The van der Waals surface area contributed by atoms with Crippen molar-refractivity contribution >= 4 is 29.7 Å². The zero-order chi connectivity index (χ0) is 90.1. The molecule has 6 heterocycles. The van der Waals surface area contributed by atoms with Crippen LogP contribution in [0.4, 0.5) is 0 Å². The van der Waals surface area contributed by atoms with Crippen LogP contribution in [0, 0.1) is 0 Å². The van der Waals surface area contributed by atoms with Crippen LogP contribution >= 0.6 is 0 Å². The second kappa shape index (κ2) is 53.7. The second-order valence-corrected chi connectivity index (χ2v) is 32.8. The van der Waals surface area contributed by atoms with Gasteiger partial charge in [-0.25, -0.2) is 9.59 Å². The molecule has 0 saturated carbocycles. The van der Waals surface area contributed by atoms with Gasteiger partial charge in [-0.1, -0.05) is 167 Å². The normalized spacial score (nSPS) is 36.1. The van der Waals surface area contributed by atoms with Crippen LogP contribution in [0.1, 0.15) is 207 Å². The Labute approximate surface area is 709 Å². The number of aliphatic carboxylic acids is 2. The van der Waals surface area contributed by atoms with Crippen LogP contribution in [0.2, 0.25) is 0 Å². The average molecular weight is 1770 g/mol. The Hall–Kier alpha value is -4.19. The van der Waals surface area contributed by atoms with Crippen molar-refractivity contribution in [3.8, 4) is 0 Å². The van der Waals surface area contributed by atoms with Crippen LogP contribution in [0.25, 0.3) is 0 Å². The van der Waals surface area contributed by atoms with Gasteiger partial charge in [-0.2, -0.15) is 0 Å². The van der Waals surface area contributed by atoms with Crippen LogP contribution in [0.15, 0.2) is 12.2 Å². The number of carboxylic acids is 2. The Morgan fingerprint density at radius 2 is 0.828 bits per heavy atom. The van der Waals surface area contributed by atoms with Crippen molar-refractivity contribution in [3.63, 3.8) is 0 Å². The number of carbonyl (C=O) groups is 5. The summed E-state index contributed by atoms with van der Waals surface area (Å²) in [6, 6.07) is -5.17. The number of nitrogens with one attached hydrogen (secondary N) is 3. The molecule has 34 atom stereocenters. The van der Waals surface area contributed by atoms with Gasteiger partial charge in [0.1, 0.15) is 140 Å². The molecule has 0 aliphatic carbocycles. The van der Waals surface area contributed by atoms with Crippen LogP contribution in [-0.2, 0) is 80.8 Å². The lowest BCUT2D eigenvalue weighted by atomic mass is 9.88. The molecule has 0 aromatic rings. The third kappa shape index (κ3) is 30.2. The highest BCUT2D eigenvalue weighted by Crippen LogP contribution is 2.43. The maximum atomic E-state index is 14.0. The predicted molar refractivity (Wildman–Crippen MR) is 419 cm³/mol. The van der Waals surface area contributed by atoms with Gasteiger partial charge in [0.15, 0.2) is 25.2 Å². The Morgan fingerprint density at radius 1 is 0.426 bits per heavy atom. The summed E-state index contributed by atoms with van der Waals surface area (Å²) in [5.41, 5.74) is 0. The average Bonchev–Trinajstić information content (AvgIpc) is 0.745. The number of hydrogen-bond acceptors (Lipinski definition) is 37. The van der Waals surface area contributed by atoms with Gasteiger partial charge < -0.3 is 185 Å². The van der Waals surface area contributed by atoms with E-state index in [1.165, 1.54) is 89.5 Å². The smallest absolute Gasteiger partial charge is 0.364 e. The summed E-state index contributed by atoms with van der Waals surface area (Å²) in [7, 11) is 0. The van der Waals surface area contributed by atoms with E-state index in [4.69, 9.17) is 56.8 Å². The molecule has 0 aromatic heterocycles. The lowest BCUT2D eigenvalue weighted by Crippen LogP contribution is -2.72. The summed E-state index contributed by atoms with van der Waals surface area (Å²) < 4.78 is 71.8. The Balaban J connectivity index is 1.30. The van der Waals surface area contributed by atoms with Crippen molar-refractivity contribution < 1.29 is 193 Å². The molecule has 6 aliphatic heterocycles. The van der Waals surface area contributed by atoms with E-state index in [-0.39, 0.29) is 6.42 Å². The summed E-state index contributed by atoms with van der Waals surface area (Å²) in [5, 5.41) is 254. The molecule has 42 nitrogen and oxygen atoms in total. The SMILES string of the molecule is CCCCCCCCCCCCC/C=C/[C@@H](O)[C@H](CO[C@@H]1OC(CO)[C@@H](O[C@@H]2OC(CO)[C@H](O[C@@H]3OC(CO)[C@H](O)[C@H](O[C@@H]4OC(CO)[C@H](O)[C@H](O[C@]5(C(=O)O)CC(O)[C@@H](O)C([C@H](O)[C@H](O)CO)O5)C4O)C3NC(C)=O)[C@H](O[C@]3(C(=O)O)CC(O)[C@@H](NC(C)=O)C([C@H](O)[C@H](O)CO)O3)C2O)[C@H](O)C1O)NC(=O)CCCCCCCCCCCCCCC. The molecule has 0 bridgehead atoms. The van der Waals surface area contributed by atoms with Crippen molar-refractivity contribution in [2.24, 2.45) is 0 Å². The number of unbranched alkanes of at least 4 members (excludes halogenated alkanes) is 23. The predicted octanol–water partition coefficient (Wildman–Crippen LogP) is -4.79. The first-order valence-electron chi connectivity index (χ1n) is 43.2. The van der Waals surface area contributed by atoms with E-state index in [0.717, 1.165) is 78.1 Å². The fraction of sp³-hybridized carbons (Fsp3) is 0.912. The van der Waals surface area contributed by atoms with Gasteiger partial charge in [0.25, 0.3) is 11.6 Å². The molecule has 0 spiro atoms. The minimum absolute atomic E-state index is 0.0970. The molecule has 0 aromatic carbocycles. The molecule has 6 fully saturated rings. The van der Waals surface area contributed by atoms with E-state index in [9.17, 15) is 136 Å². The van der Waals surface area contributed by atoms with Gasteiger partial charge in [0.2, 0.25) is 17.7 Å². The van der Waals surface area contributed by atoms with Crippen molar-refractivity contribution in [2.75, 3.05) is 46.2 Å². The number of carboxylic acid groups (broad SMARTS) is 2. The van der Waals surface area contributed by atoms with Gasteiger partial charge in [-0.15, -0.1) is 0 Å². The lowest BCUT2D eigenvalue weighted by Gasteiger charge is -2.53. The number of carbonyl (C=O) groups excluding carboxylic acids is 3. The maximum Gasteiger partial charge on any atom is 0.364 e. The molecule has 25 N–H and O–H groups in total. The molecule has 3 amide bonds. The summed E-state index contributed by atoms with van der Waals surface area (Å²) in [6.07, 6.45) is -37.2. The number of hydrogen-bond donors (Lipinski definition) is 25. The number of allylic oxidation sites excluding steroid dienone is 1. The monoisotopic (exact) mass is 1770 g/mol. The topological polar surface area (TPSA) is 677 Å². The first-order chi connectivity index (χ1) is 58.2. The molecular formula is C80H141N3O39. The van der Waals surface area contributed by atoms with E-state index >= 15 is 0 Å². The van der Waals surface area contributed by atoms with Crippen LogP contribution in [-0.4, -0.2) is 396 Å². The highest BCUT2D eigenvalue weighted by Gasteiger charge is 2.64. The molecule has 0 radical (unpaired) electrons.